The van der Waals surface area contributed by atoms with Crippen LogP contribution in [-0.4, -0.2) is 49.3 Å². The fourth-order valence-corrected chi connectivity index (χ4v) is 1.40. The minimum atomic E-state index is -0.256. The first-order chi connectivity index (χ1) is 8.06. The number of hydrogen-bond acceptors (Lipinski definition) is 5. The molecule has 1 amide bonds. The highest BCUT2D eigenvalue weighted by Crippen LogP contribution is 2.11. The highest BCUT2D eigenvalue weighted by atomic mass is 16.6. The third kappa shape index (κ3) is 4.07. The number of ether oxygens (including phenoxy) is 1. The zero-order valence-electron chi connectivity index (χ0n) is 10.7. The number of rotatable bonds is 6. The lowest BCUT2D eigenvalue weighted by atomic mass is 10.3. The maximum absolute atomic E-state index is 11.7. The van der Waals surface area contributed by atoms with Gasteiger partial charge in [-0.15, -0.1) is 0 Å². The van der Waals surface area contributed by atoms with Crippen molar-refractivity contribution in [1.29, 1.82) is 0 Å². The first kappa shape index (κ1) is 13.5. The molecule has 0 fully saturated rings. The Bertz CT molecular complexity index is 365. The fraction of sp³-hybridized carbons (Fsp3) is 0.636. The Morgan fingerprint density at radius 2 is 2.41 bits per heavy atom. The molecule has 6 nitrogen and oxygen atoms in total. The van der Waals surface area contributed by atoms with E-state index in [2.05, 4.69) is 22.3 Å². The first-order valence-corrected chi connectivity index (χ1v) is 5.57. The lowest BCUT2D eigenvalue weighted by Gasteiger charge is -2.20. The largest absolute Gasteiger partial charge is 0.467 e. The van der Waals surface area contributed by atoms with Crippen molar-refractivity contribution in [2.45, 2.75) is 19.9 Å². The van der Waals surface area contributed by atoms with Gasteiger partial charge in [0.2, 0.25) is 0 Å². The van der Waals surface area contributed by atoms with Gasteiger partial charge in [0.15, 0.2) is 5.69 Å². The molecule has 1 aromatic rings. The van der Waals surface area contributed by atoms with E-state index in [0.29, 0.717) is 0 Å². The second-order valence-electron chi connectivity index (χ2n) is 3.96. The summed E-state index contributed by atoms with van der Waals surface area (Å²) in [5.74, 6) is -0.0254. The highest BCUT2D eigenvalue weighted by Gasteiger charge is 2.15. The van der Waals surface area contributed by atoms with Crippen LogP contribution in [-0.2, 0) is 0 Å². The molecule has 6 heteroatoms. The van der Waals surface area contributed by atoms with E-state index >= 15 is 0 Å². The summed E-state index contributed by atoms with van der Waals surface area (Å²) in [6.45, 7) is 5.74. The van der Waals surface area contributed by atoms with Gasteiger partial charge in [-0.1, -0.05) is 12.1 Å². The fourth-order valence-electron chi connectivity index (χ4n) is 1.40. The van der Waals surface area contributed by atoms with Crippen molar-refractivity contribution in [3.05, 3.63) is 11.8 Å². The molecule has 1 atom stereocenters. The predicted molar refractivity (Wildman–Crippen MR) is 63.2 cm³/mol. The van der Waals surface area contributed by atoms with Gasteiger partial charge in [-0.3, -0.25) is 4.79 Å². The van der Waals surface area contributed by atoms with Gasteiger partial charge in [0, 0.05) is 12.6 Å². The molecule has 17 heavy (non-hydrogen) atoms. The van der Waals surface area contributed by atoms with Gasteiger partial charge in [-0.25, -0.2) is 0 Å². The van der Waals surface area contributed by atoms with E-state index in [9.17, 15) is 4.79 Å². The van der Waals surface area contributed by atoms with Crippen LogP contribution >= 0.6 is 0 Å². The first-order valence-electron chi connectivity index (χ1n) is 5.57. The van der Waals surface area contributed by atoms with Gasteiger partial charge in [0.1, 0.15) is 0 Å². The van der Waals surface area contributed by atoms with Crippen LogP contribution in [0, 0.1) is 0 Å². The molecular weight excluding hydrogens is 222 g/mol. The molecular formula is C11H19N3O3. The molecule has 0 bridgehead atoms. The molecule has 0 radical (unpaired) electrons. The normalized spacial score (nSPS) is 12.5. The number of likely N-dealkylation sites (N-methyl/N-ethyl adjacent to an activating group) is 1. The van der Waals surface area contributed by atoms with Gasteiger partial charge >= 0.3 is 5.95 Å². The Morgan fingerprint density at radius 1 is 1.71 bits per heavy atom. The number of hydrogen-bond donors (Lipinski definition) is 1. The number of nitrogens with zero attached hydrogens (tertiary/aromatic N) is 2. The van der Waals surface area contributed by atoms with Crippen LogP contribution in [0.15, 0.2) is 10.6 Å². The predicted octanol–water partition coefficient (Wildman–Crippen LogP) is 0.753. The number of carbonyl (C=O) groups excluding carboxylic acids is 1. The van der Waals surface area contributed by atoms with Gasteiger partial charge < -0.3 is 19.5 Å². The van der Waals surface area contributed by atoms with Crippen LogP contribution < -0.4 is 10.1 Å². The van der Waals surface area contributed by atoms with Gasteiger partial charge in [0.05, 0.1) is 13.2 Å². The third-order valence-electron chi connectivity index (χ3n) is 2.43. The van der Waals surface area contributed by atoms with Crippen molar-refractivity contribution in [1.82, 2.24) is 15.4 Å². The van der Waals surface area contributed by atoms with Crippen LogP contribution in [0.3, 0.4) is 0 Å². The monoisotopic (exact) mass is 241 g/mol. The molecule has 1 N–H and O–H groups in total. The maximum atomic E-state index is 11.7. The summed E-state index contributed by atoms with van der Waals surface area (Å²) in [5, 5.41) is 6.45. The topological polar surface area (TPSA) is 67.6 Å². The molecule has 0 aliphatic carbocycles. The average molecular weight is 241 g/mol. The Labute approximate surface area is 101 Å². The molecule has 0 spiro atoms. The Hall–Kier alpha value is -1.56. The number of aromatic nitrogens is 1. The number of carbonyl (C=O) groups is 1. The summed E-state index contributed by atoms with van der Waals surface area (Å²) in [6, 6.07) is 1.51. The zero-order chi connectivity index (χ0) is 12.8. The zero-order valence-corrected chi connectivity index (χ0v) is 10.7. The van der Waals surface area contributed by atoms with E-state index in [1.54, 1.807) is 0 Å². The smallest absolute Gasteiger partial charge is 0.311 e. The van der Waals surface area contributed by atoms with Crippen LogP contribution in [0.5, 0.6) is 5.95 Å². The molecule has 1 rings (SSSR count). The van der Waals surface area contributed by atoms with E-state index < -0.39 is 0 Å². The van der Waals surface area contributed by atoms with Gasteiger partial charge in [0.25, 0.3) is 5.91 Å². The molecule has 1 heterocycles. The van der Waals surface area contributed by atoms with Crippen molar-refractivity contribution < 1.29 is 14.1 Å². The van der Waals surface area contributed by atoms with Gasteiger partial charge in [-0.05, 0) is 20.5 Å². The van der Waals surface area contributed by atoms with E-state index in [-0.39, 0.29) is 23.6 Å². The van der Waals surface area contributed by atoms with Crippen molar-refractivity contribution in [3.8, 4) is 5.95 Å². The molecule has 0 aliphatic rings. The Balaban J connectivity index is 2.48. The van der Waals surface area contributed by atoms with E-state index in [1.807, 2.05) is 14.0 Å². The summed E-state index contributed by atoms with van der Waals surface area (Å²) in [5.41, 5.74) is 0.229. The molecule has 1 aromatic heterocycles. The lowest BCUT2D eigenvalue weighted by Crippen LogP contribution is -2.40. The summed E-state index contributed by atoms with van der Waals surface area (Å²) < 4.78 is 9.59. The maximum Gasteiger partial charge on any atom is 0.311 e. The van der Waals surface area contributed by atoms with Crippen molar-refractivity contribution >= 4 is 5.91 Å². The highest BCUT2D eigenvalue weighted by molar-refractivity contribution is 5.92. The number of nitrogens with one attached hydrogen (secondary N) is 1. The summed E-state index contributed by atoms with van der Waals surface area (Å²) in [7, 11) is 3.46. The Morgan fingerprint density at radius 3 is 2.94 bits per heavy atom. The van der Waals surface area contributed by atoms with Crippen molar-refractivity contribution in [2.75, 3.05) is 27.2 Å². The van der Waals surface area contributed by atoms with Gasteiger partial charge in [-0.2, -0.15) is 0 Å². The van der Waals surface area contributed by atoms with Crippen LogP contribution in [0.4, 0.5) is 0 Å². The second kappa shape index (κ2) is 6.24. The quantitative estimate of drug-likeness (QED) is 0.796. The van der Waals surface area contributed by atoms with E-state index in [4.69, 9.17) is 9.26 Å². The summed E-state index contributed by atoms with van der Waals surface area (Å²) in [6.07, 6.45) is 0. The third-order valence-corrected chi connectivity index (χ3v) is 2.43. The van der Waals surface area contributed by atoms with E-state index in [0.717, 1.165) is 13.1 Å². The minimum Gasteiger partial charge on any atom is -0.467 e. The average Bonchev–Trinajstić information content (AvgIpc) is 2.77. The SMILES string of the molecule is CCN(C)CC(C)NC(=O)c1cc(OC)on1. The summed E-state index contributed by atoms with van der Waals surface area (Å²) in [4.78, 5) is 13.9. The number of amides is 1. The molecule has 0 saturated heterocycles. The molecule has 96 valence electrons. The standard InChI is InChI=1S/C11H19N3O3/c1-5-14(3)7-8(2)12-11(15)9-6-10(16-4)17-13-9/h6,8H,5,7H2,1-4H3,(H,12,15). The minimum absolute atomic E-state index is 0.0511. The molecule has 0 aromatic carbocycles. The van der Waals surface area contributed by atoms with Crippen LogP contribution in [0.2, 0.25) is 0 Å². The van der Waals surface area contributed by atoms with Crippen LogP contribution in [0.25, 0.3) is 0 Å². The van der Waals surface area contributed by atoms with Crippen LogP contribution in [0.1, 0.15) is 24.3 Å². The molecule has 1 unspecified atom stereocenters. The molecule has 0 saturated carbocycles. The second-order valence-corrected chi connectivity index (χ2v) is 3.96. The Kier molecular flexibility index (Phi) is 4.96. The molecule has 0 aliphatic heterocycles. The van der Waals surface area contributed by atoms with Crippen molar-refractivity contribution in [3.63, 3.8) is 0 Å². The summed E-state index contributed by atoms with van der Waals surface area (Å²) >= 11 is 0. The van der Waals surface area contributed by atoms with Crippen molar-refractivity contribution in [2.24, 2.45) is 0 Å². The number of methoxy groups -OCH3 is 1. The lowest BCUT2D eigenvalue weighted by molar-refractivity contribution is 0.0923. The van der Waals surface area contributed by atoms with E-state index in [1.165, 1.54) is 13.2 Å².